The summed E-state index contributed by atoms with van der Waals surface area (Å²) in [6, 6.07) is -1.06. The number of carboxylic acid groups (broad SMARTS) is 2. The van der Waals surface area contributed by atoms with Gasteiger partial charge in [0.2, 0.25) is 23.1 Å². The summed E-state index contributed by atoms with van der Waals surface area (Å²) >= 11 is 0. The highest BCUT2D eigenvalue weighted by Crippen LogP contribution is 2.37. The zero-order chi connectivity index (χ0) is 25.6. The zero-order valence-electron chi connectivity index (χ0n) is 19.2. The fourth-order valence-electron chi connectivity index (χ4n) is 4.84. The van der Waals surface area contributed by atoms with E-state index in [0.717, 1.165) is 51.4 Å². The molecule has 0 amide bonds. The quantitative estimate of drug-likeness (QED) is 0.417. The molecule has 35 heavy (non-hydrogen) atoms. The van der Waals surface area contributed by atoms with E-state index in [1.54, 1.807) is 0 Å². The van der Waals surface area contributed by atoms with Crippen molar-refractivity contribution in [3.05, 3.63) is 0 Å². The van der Waals surface area contributed by atoms with E-state index in [9.17, 15) is 38.4 Å². The molecule has 0 spiro atoms. The van der Waals surface area contributed by atoms with Gasteiger partial charge in [0.15, 0.2) is 0 Å². The van der Waals surface area contributed by atoms with E-state index in [0.29, 0.717) is 0 Å². The van der Waals surface area contributed by atoms with Crippen LogP contribution in [0, 0.1) is 23.7 Å². The van der Waals surface area contributed by atoms with Crippen molar-refractivity contribution >= 4 is 46.6 Å². The number of ketones is 6. The van der Waals surface area contributed by atoms with Crippen molar-refractivity contribution < 1.29 is 54.0 Å². The van der Waals surface area contributed by atoms with Crippen LogP contribution in [0.15, 0.2) is 0 Å². The average molecular weight is 497 g/mol. The van der Waals surface area contributed by atoms with Gasteiger partial charge in [-0.05, 0) is 32.1 Å². The molecule has 4 saturated carbocycles. The molecule has 6 N–H and O–H groups in total. The summed E-state index contributed by atoms with van der Waals surface area (Å²) < 4.78 is 0. The molecule has 4 fully saturated rings. The molecule has 194 valence electrons. The molecular weight excluding hydrogens is 466 g/mol. The normalized spacial score (nSPS) is 27.9. The van der Waals surface area contributed by atoms with Crippen molar-refractivity contribution in [3.8, 4) is 0 Å². The van der Waals surface area contributed by atoms with E-state index >= 15 is 0 Å². The summed E-state index contributed by atoms with van der Waals surface area (Å²) in [5.41, 5.74) is 5.00. The molecule has 4 aliphatic carbocycles. The van der Waals surface area contributed by atoms with Gasteiger partial charge in [-0.15, -0.1) is 0 Å². The van der Waals surface area contributed by atoms with Crippen LogP contribution < -0.4 is 5.73 Å². The zero-order valence-corrected chi connectivity index (χ0v) is 19.2. The first kappa shape index (κ1) is 29.9. The molecular formula is C23H31NO11. The molecule has 0 bridgehead atoms. The Labute approximate surface area is 200 Å². The second-order valence-corrected chi connectivity index (χ2v) is 8.99. The van der Waals surface area contributed by atoms with Crippen LogP contribution in [0.2, 0.25) is 0 Å². The van der Waals surface area contributed by atoms with E-state index in [-0.39, 0.29) is 42.0 Å². The second-order valence-electron chi connectivity index (χ2n) is 8.99. The Morgan fingerprint density at radius 1 is 0.686 bits per heavy atom. The predicted octanol–water partition coefficient (Wildman–Crippen LogP) is -0.534. The lowest BCUT2D eigenvalue weighted by atomic mass is 9.81. The highest BCUT2D eigenvalue weighted by atomic mass is 16.4. The van der Waals surface area contributed by atoms with Crippen molar-refractivity contribution in [3.63, 3.8) is 0 Å². The number of carbonyl (C=O) groups is 8. The van der Waals surface area contributed by atoms with Gasteiger partial charge < -0.3 is 21.4 Å². The highest BCUT2D eigenvalue weighted by Gasteiger charge is 2.49. The fourth-order valence-corrected chi connectivity index (χ4v) is 4.84. The van der Waals surface area contributed by atoms with E-state index in [1.165, 1.54) is 0 Å². The molecule has 0 radical (unpaired) electrons. The minimum atomic E-state index is -1.17. The number of carboxylic acids is 2. The van der Waals surface area contributed by atoms with Crippen LogP contribution in [0.25, 0.3) is 0 Å². The van der Waals surface area contributed by atoms with E-state index in [1.807, 2.05) is 0 Å². The van der Waals surface area contributed by atoms with Crippen molar-refractivity contribution in [2.45, 2.75) is 70.3 Å². The number of nitrogens with two attached hydrogens (primary N) is 1. The number of carbonyl (C=O) groups excluding carboxylic acids is 6. The fraction of sp³-hybridized carbons (Fsp3) is 0.652. The lowest BCUT2D eigenvalue weighted by Gasteiger charge is -2.20. The Hall–Kier alpha value is -3.12. The monoisotopic (exact) mass is 497 g/mol. The van der Waals surface area contributed by atoms with Gasteiger partial charge in [0.05, 0.1) is 0 Å². The van der Waals surface area contributed by atoms with E-state index in [4.69, 9.17) is 15.9 Å². The smallest absolute Gasteiger partial charge is 0.320 e. The third kappa shape index (κ3) is 7.18. The molecule has 12 nitrogen and oxygen atoms in total. The summed E-state index contributed by atoms with van der Waals surface area (Å²) in [4.78, 5) is 86.5. The summed E-state index contributed by atoms with van der Waals surface area (Å²) in [6.45, 7) is 0. The number of rotatable bonds is 4. The maximum atomic E-state index is 11.2. The minimum absolute atomic E-state index is 0. The van der Waals surface area contributed by atoms with Gasteiger partial charge >= 0.3 is 11.9 Å². The molecule has 0 aromatic carbocycles. The number of fused-ring (bicyclic) bond motifs is 2. The van der Waals surface area contributed by atoms with Gasteiger partial charge in [-0.1, -0.05) is 25.7 Å². The van der Waals surface area contributed by atoms with Crippen LogP contribution in [-0.2, 0) is 38.4 Å². The van der Waals surface area contributed by atoms with Crippen molar-refractivity contribution in [2.24, 2.45) is 29.4 Å². The molecule has 0 aromatic rings. The number of Topliss-reactive ketones (excluding diaryl/α,β-unsaturated/α-hetero) is 6. The molecule has 5 atom stereocenters. The van der Waals surface area contributed by atoms with Gasteiger partial charge in [0.25, 0.3) is 11.6 Å². The lowest BCUT2D eigenvalue weighted by molar-refractivity contribution is -0.141. The average Bonchev–Trinajstić information content (AvgIpc) is 3.18. The summed E-state index contributed by atoms with van der Waals surface area (Å²) in [7, 11) is 0. The first-order valence-electron chi connectivity index (χ1n) is 11.4. The summed E-state index contributed by atoms with van der Waals surface area (Å²) in [5, 5.41) is 16.3. The largest absolute Gasteiger partial charge is 0.481 e. The maximum Gasteiger partial charge on any atom is 0.320 e. The second kappa shape index (κ2) is 13.1. The third-order valence-electron chi connectivity index (χ3n) is 6.76. The van der Waals surface area contributed by atoms with Crippen molar-refractivity contribution in [1.82, 2.24) is 0 Å². The maximum absolute atomic E-state index is 11.2. The van der Waals surface area contributed by atoms with E-state index < -0.39 is 52.7 Å². The van der Waals surface area contributed by atoms with Crippen molar-refractivity contribution in [1.29, 1.82) is 0 Å². The minimum Gasteiger partial charge on any atom is -0.481 e. The Morgan fingerprint density at radius 3 is 1.20 bits per heavy atom. The Balaban J connectivity index is 0.000000261. The van der Waals surface area contributed by atoms with Gasteiger partial charge in [-0.25, -0.2) is 0 Å². The molecule has 12 heteroatoms. The predicted molar refractivity (Wildman–Crippen MR) is 117 cm³/mol. The van der Waals surface area contributed by atoms with Gasteiger partial charge in [0.1, 0.15) is 6.04 Å². The van der Waals surface area contributed by atoms with Crippen LogP contribution in [0.3, 0.4) is 0 Å². The number of hydrogen-bond acceptors (Lipinski definition) is 9. The molecule has 0 heterocycles. The summed E-state index contributed by atoms with van der Waals surface area (Å²) in [6.07, 6.45) is 6.64. The molecule has 4 aliphatic rings. The molecule has 0 aliphatic heterocycles. The van der Waals surface area contributed by atoms with Crippen LogP contribution in [-0.4, -0.2) is 68.4 Å². The van der Waals surface area contributed by atoms with Crippen molar-refractivity contribution in [2.75, 3.05) is 0 Å². The molecule has 0 aromatic heterocycles. The van der Waals surface area contributed by atoms with Crippen LogP contribution in [0.1, 0.15) is 64.2 Å². The number of hydrogen-bond donors (Lipinski definition) is 3. The van der Waals surface area contributed by atoms with Crippen LogP contribution in [0.5, 0.6) is 0 Å². The Kier molecular flexibility index (Phi) is 11.2. The standard InChI is InChI=1S/2C9H10O3.C5H9NO4.H2O/c2*10-7-5-3-1-2-4-6(5)8(11)9(7)12;6-3(5(9)10)1-2-4(7)8;/h2*5-6H,1-4H2;3H,1-2,6H2,(H,7,8)(H,9,10);1H2/t;;3-;/m..0./s1. The Morgan fingerprint density at radius 2 is 0.971 bits per heavy atom. The highest BCUT2D eigenvalue weighted by molar-refractivity contribution is 6.68. The molecule has 4 unspecified atom stereocenters. The SMILES string of the molecule is N[C@@H](CCC(=O)O)C(=O)O.O.O=C1C(=O)C2CCCCC2C1=O.O=C1C(=O)C2CCCCC2C1=O. The first-order valence-corrected chi connectivity index (χ1v) is 11.4. The molecule has 0 saturated heterocycles. The summed E-state index contributed by atoms with van der Waals surface area (Å²) in [5.74, 6) is -6.39. The van der Waals surface area contributed by atoms with Gasteiger partial charge in [-0.2, -0.15) is 0 Å². The van der Waals surface area contributed by atoms with Gasteiger partial charge in [-0.3, -0.25) is 38.4 Å². The molecule has 4 rings (SSSR count). The van der Waals surface area contributed by atoms with Crippen LogP contribution in [0.4, 0.5) is 0 Å². The van der Waals surface area contributed by atoms with Crippen LogP contribution >= 0.6 is 0 Å². The Bertz CT molecular complexity index is 801. The van der Waals surface area contributed by atoms with E-state index in [2.05, 4.69) is 0 Å². The number of aliphatic carboxylic acids is 2. The topological polar surface area (TPSA) is 235 Å². The lowest BCUT2D eigenvalue weighted by Crippen LogP contribution is -2.30. The van der Waals surface area contributed by atoms with Gasteiger partial charge in [0, 0.05) is 30.1 Å². The third-order valence-corrected chi connectivity index (χ3v) is 6.76. The first-order chi connectivity index (χ1) is 16.0.